The Labute approximate surface area is 210 Å². The lowest BCUT2D eigenvalue weighted by molar-refractivity contribution is 0.280. The van der Waals surface area contributed by atoms with Gasteiger partial charge in [0.1, 0.15) is 12.4 Å². The van der Waals surface area contributed by atoms with E-state index in [9.17, 15) is 8.78 Å². The minimum Gasteiger partial charge on any atom is -0.459 e. The van der Waals surface area contributed by atoms with Crippen LogP contribution in [0.2, 0.25) is 15.1 Å². The van der Waals surface area contributed by atoms with Crippen LogP contribution in [0.4, 0.5) is 14.6 Å². The largest absolute Gasteiger partial charge is 0.459 e. The summed E-state index contributed by atoms with van der Waals surface area (Å²) in [5, 5.41) is 1.48. The number of hydrogen-bond acceptors (Lipinski definition) is 4. The van der Waals surface area contributed by atoms with Gasteiger partial charge in [0, 0.05) is 29.7 Å². The highest BCUT2D eigenvalue weighted by Crippen LogP contribution is 2.41. The van der Waals surface area contributed by atoms with E-state index in [1.54, 1.807) is 30.3 Å². The Balaban J connectivity index is 1.86. The number of nitrogens with zero attached hydrogens (tertiary/aromatic N) is 3. The molecule has 4 rings (SSSR count). The van der Waals surface area contributed by atoms with Crippen molar-refractivity contribution in [3.63, 3.8) is 0 Å². The van der Waals surface area contributed by atoms with Gasteiger partial charge < -0.3 is 9.64 Å². The maximum absolute atomic E-state index is 13.6. The molecule has 0 aliphatic heterocycles. The van der Waals surface area contributed by atoms with Crippen molar-refractivity contribution in [2.24, 2.45) is 0 Å². The van der Waals surface area contributed by atoms with Gasteiger partial charge in [0.25, 0.3) is 0 Å². The van der Waals surface area contributed by atoms with Crippen LogP contribution in [0.5, 0.6) is 6.01 Å². The SMILES string of the molecule is CN(C)c1nc(OCc2ccc(F)c(F)c2)nc(-c2ccc(Cl)cc2Cl)c1-c1ccc(Cl)cc1. The molecule has 0 unspecified atom stereocenters. The predicted molar refractivity (Wildman–Crippen MR) is 133 cm³/mol. The van der Waals surface area contributed by atoms with Crippen LogP contribution in [0.15, 0.2) is 60.7 Å². The average Bonchev–Trinajstić information content (AvgIpc) is 2.80. The molecule has 0 aliphatic carbocycles. The van der Waals surface area contributed by atoms with E-state index in [-0.39, 0.29) is 12.6 Å². The average molecular weight is 521 g/mol. The molecule has 0 saturated heterocycles. The van der Waals surface area contributed by atoms with Crippen LogP contribution in [0, 0.1) is 11.6 Å². The van der Waals surface area contributed by atoms with E-state index in [0.29, 0.717) is 43.3 Å². The van der Waals surface area contributed by atoms with Gasteiger partial charge in [0.15, 0.2) is 11.6 Å². The molecular weight excluding hydrogens is 503 g/mol. The number of ether oxygens (including phenoxy) is 1. The molecular formula is C25H18Cl3F2N3O. The molecule has 0 spiro atoms. The van der Waals surface area contributed by atoms with Gasteiger partial charge in [-0.2, -0.15) is 9.97 Å². The molecule has 0 fully saturated rings. The van der Waals surface area contributed by atoms with Gasteiger partial charge in [0.2, 0.25) is 0 Å². The van der Waals surface area contributed by atoms with Gasteiger partial charge >= 0.3 is 6.01 Å². The zero-order valence-corrected chi connectivity index (χ0v) is 20.4. The molecule has 1 aromatic heterocycles. The van der Waals surface area contributed by atoms with E-state index in [4.69, 9.17) is 39.5 Å². The van der Waals surface area contributed by atoms with Crippen molar-refractivity contribution in [3.05, 3.63) is 92.9 Å². The van der Waals surface area contributed by atoms with Crippen LogP contribution in [0.25, 0.3) is 22.4 Å². The summed E-state index contributed by atoms with van der Waals surface area (Å²) in [7, 11) is 3.68. The summed E-state index contributed by atoms with van der Waals surface area (Å²) in [4.78, 5) is 11.0. The van der Waals surface area contributed by atoms with Crippen LogP contribution in [-0.2, 0) is 6.61 Å². The van der Waals surface area contributed by atoms with E-state index in [1.807, 2.05) is 31.1 Å². The topological polar surface area (TPSA) is 38.2 Å². The van der Waals surface area contributed by atoms with Crippen LogP contribution >= 0.6 is 34.8 Å². The first kappa shape index (κ1) is 24.2. The monoisotopic (exact) mass is 519 g/mol. The van der Waals surface area contributed by atoms with Crippen molar-refractivity contribution in [1.82, 2.24) is 9.97 Å². The Kier molecular flexibility index (Phi) is 7.22. The zero-order chi connectivity index (χ0) is 24.4. The number of benzene rings is 3. The molecule has 1 heterocycles. The van der Waals surface area contributed by atoms with Gasteiger partial charge in [-0.05, 0) is 53.6 Å². The Bertz CT molecular complexity index is 1350. The van der Waals surface area contributed by atoms with Crippen LogP contribution in [-0.4, -0.2) is 24.1 Å². The molecule has 4 nitrogen and oxygen atoms in total. The number of anilines is 1. The molecule has 4 aromatic rings. The molecule has 0 atom stereocenters. The highest BCUT2D eigenvalue weighted by atomic mass is 35.5. The Morgan fingerprint density at radius 1 is 0.824 bits per heavy atom. The first-order chi connectivity index (χ1) is 16.2. The standard InChI is InChI=1S/C25H18Cl3F2N3O/c1-33(2)24-22(15-4-6-16(26)7-5-15)23(18-9-8-17(27)12-19(18)28)31-25(32-24)34-13-14-3-10-20(29)21(30)11-14/h3-12H,13H2,1-2H3. The van der Waals surface area contributed by atoms with Gasteiger partial charge in [-0.25, -0.2) is 8.78 Å². The second kappa shape index (κ2) is 10.1. The Morgan fingerprint density at radius 3 is 2.18 bits per heavy atom. The van der Waals surface area contributed by atoms with E-state index in [1.165, 1.54) is 6.07 Å². The van der Waals surface area contributed by atoms with E-state index in [2.05, 4.69) is 9.97 Å². The number of rotatable bonds is 6. The molecule has 9 heteroatoms. The van der Waals surface area contributed by atoms with Crippen LogP contribution in [0.1, 0.15) is 5.56 Å². The lowest BCUT2D eigenvalue weighted by atomic mass is 9.99. The molecule has 0 radical (unpaired) electrons. The lowest BCUT2D eigenvalue weighted by Gasteiger charge is -2.21. The van der Waals surface area contributed by atoms with Crippen molar-refractivity contribution >= 4 is 40.6 Å². The fourth-order valence-corrected chi connectivity index (χ4v) is 3.98. The molecule has 0 aliphatic rings. The summed E-state index contributed by atoms with van der Waals surface area (Å²) in [5.41, 5.74) is 3.11. The smallest absolute Gasteiger partial charge is 0.319 e. The van der Waals surface area contributed by atoms with Crippen LogP contribution in [0.3, 0.4) is 0 Å². The van der Waals surface area contributed by atoms with Crippen molar-refractivity contribution in [2.45, 2.75) is 6.61 Å². The van der Waals surface area contributed by atoms with Crippen LogP contribution < -0.4 is 9.64 Å². The maximum atomic E-state index is 13.6. The fraction of sp³-hybridized carbons (Fsp3) is 0.120. The van der Waals surface area contributed by atoms with E-state index < -0.39 is 11.6 Å². The molecule has 34 heavy (non-hydrogen) atoms. The third-order valence-corrected chi connectivity index (χ3v) is 5.76. The maximum Gasteiger partial charge on any atom is 0.319 e. The highest BCUT2D eigenvalue weighted by molar-refractivity contribution is 6.36. The third-order valence-electron chi connectivity index (χ3n) is 4.96. The van der Waals surface area contributed by atoms with Crippen molar-refractivity contribution in [3.8, 4) is 28.4 Å². The summed E-state index contributed by atoms with van der Waals surface area (Å²) in [5.74, 6) is -1.32. The first-order valence-electron chi connectivity index (χ1n) is 10.1. The molecule has 3 aromatic carbocycles. The van der Waals surface area contributed by atoms with Crippen molar-refractivity contribution < 1.29 is 13.5 Å². The molecule has 0 bridgehead atoms. The second-order valence-corrected chi connectivity index (χ2v) is 8.90. The van der Waals surface area contributed by atoms with Crippen molar-refractivity contribution in [2.75, 3.05) is 19.0 Å². The Morgan fingerprint density at radius 2 is 1.53 bits per heavy atom. The minimum absolute atomic E-state index is 0.0483. The van der Waals surface area contributed by atoms with Crippen molar-refractivity contribution in [1.29, 1.82) is 0 Å². The van der Waals surface area contributed by atoms with E-state index in [0.717, 1.165) is 17.7 Å². The van der Waals surface area contributed by atoms with Gasteiger partial charge in [-0.1, -0.05) is 53.0 Å². The summed E-state index contributed by atoms with van der Waals surface area (Å²) in [6.45, 7) is -0.0574. The second-order valence-electron chi connectivity index (χ2n) is 7.62. The Hall–Kier alpha value is -2.93. The normalized spacial score (nSPS) is 10.9. The zero-order valence-electron chi connectivity index (χ0n) is 18.1. The lowest BCUT2D eigenvalue weighted by Crippen LogP contribution is -2.15. The molecule has 0 amide bonds. The van der Waals surface area contributed by atoms with Gasteiger partial charge in [-0.15, -0.1) is 0 Å². The predicted octanol–water partition coefficient (Wildman–Crippen LogP) is 7.69. The summed E-state index contributed by atoms with van der Waals surface area (Å²) in [6, 6.07) is 16.0. The third kappa shape index (κ3) is 5.25. The fourth-order valence-electron chi connectivity index (χ4n) is 3.35. The minimum atomic E-state index is -0.956. The summed E-state index contributed by atoms with van der Waals surface area (Å²) in [6.07, 6.45) is 0. The molecule has 174 valence electrons. The highest BCUT2D eigenvalue weighted by Gasteiger charge is 2.22. The summed E-state index contributed by atoms with van der Waals surface area (Å²) < 4.78 is 32.7. The first-order valence-corrected chi connectivity index (χ1v) is 11.2. The molecule has 0 saturated carbocycles. The quantitative estimate of drug-likeness (QED) is 0.261. The van der Waals surface area contributed by atoms with Gasteiger partial charge in [-0.3, -0.25) is 0 Å². The molecule has 0 N–H and O–H groups in total. The summed E-state index contributed by atoms with van der Waals surface area (Å²) >= 11 is 18.8. The number of hydrogen-bond donors (Lipinski definition) is 0. The number of aromatic nitrogens is 2. The van der Waals surface area contributed by atoms with Gasteiger partial charge in [0.05, 0.1) is 16.3 Å². The number of halogens is 5. The van der Waals surface area contributed by atoms with E-state index >= 15 is 0 Å².